The van der Waals surface area contributed by atoms with E-state index in [2.05, 4.69) is 15.3 Å². The van der Waals surface area contributed by atoms with Gasteiger partial charge in [0.15, 0.2) is 0 Å². The molecule has 148 valence electrons. The normalized spacial score (nSPS) is 13.1. The maximum absolute atomic E-state index is 13.1. The summed E-state index contributed by atoms with van der Waals surface area (Å²) in [5.74, 6) is 0.0338. The van der Waals surface area contributed by atoms with Gasteiger partial charge in [-0.05, 0) is 48.9 Å². The number of halogens is 2. The van der Waals surface area contributed by atoms with Crippen LogP contribution in [0.15, 0.2) is 47.3 Å². The topological polar surface area (TPSA) is 78.1 Å². The lowest BCUT2D eigenvalue weighted by molar-refractivity contribution is 0.205. The fourth-order valence-corrected chi connectivity index (χ4v) is 3.40. The van der Waals surface area contributed by atoms with Crippen molar-refractivity contribution >= 4 is 23.3 Å². The molecule has 2 aromatic carbocycles. The van der Waals surface area contributed by atoms with Crippen molar-refractivity contribution in [3.8, 4) is 11.4 Å². The van der Waals surface area contributed by atoms with Crippen LogP contribution in [0.2, 0.25) is 5.02 Å². The largest absolute Gasteiger partial charge is 0.322 e. The minimum absolute atomic E-state index is 0.160. The number of H-pyrrole nitrogens is 1. The molecule has 2 amide bonds. The van der Waals surface area contributed by atoms with Gasteiger partial charge in [-0.15, -0.1) is 0 Å². The summed E-state index contributed by atoms with van der Waals surface area (Å²) >= 11 is 6.11. The molecule has 0 atom stereocenters. The van der Waals surface area contributed by atoms with E-state index in [0.29, 0.717) is 46.3 Å². The Morgan fingerprint density at radius 2 is 2.00 bits per heavy atom. The number of carbonyl (C=O) groups is 1. The molecule has 8 heteroatoms. The van der Waals surface area contributed by atoms with E-state index >= 15 is 0 Å². The van der Waals surface area contributed by atoms with Crippen LogP contribution >= 0.6 is 11.6 Å². The van der Waals surface area contributed by atoms with E-state index in [1.165, 1.54) is 12.1 Å². The molecule has 29 heavy (non-hydrogen) atoms. The monoisotopic (exact) mass is 412 g/mol. The van der Waals surface area contributed by atoms with Crippen LogP contribution in [0.4, 0.5) is 14.9 Å². The van der Waals surface area contributed by atoms with Gasteiger partial charge < -0.3 is 15.2 Å². The predicted octanol–water partition coefficient (Wildman–Crippen LogP) is 4.13. The van der Waals surface area contributed by atoms with Crippen LogP contribution in [0.1, 0.15) is 16.8 Å². The highest BCUT2D eigenvalue weighted by atomic mass is 35.5. The number of aromatic nitrogens is 2. The molecule has 0 saturated carbocycles. The van der Waals surface area contributed by atoms with Gasteiger partial charge in [-0.2, -0.15) is 0 Å². The third kappa shape index (κ3) is 4.00. The average molecular weight is 413 g/mol. The molecule has 1 aliphatic rings. The maximum Gasteiger partial charge on any atom is 0.322 e. The molecule has 6 nitrogen and oxygen atoms in total. The number of amides is 2. The van der Waals surface area contributed by atoms with Crippen LogP contribution in [-0.2, 0) is 13.0 Å². The molecule has 1 aliphatic heterocycles. The molecule has 0 fully saturated rings. The van der Waals surface area contributed by atoms with Crippen LogP contribution in [0.25, 0.3) is 11.4 Å². The second-order valence-electron chi connectivity index (χ2n) is 6.91. The average Bonchev–Trinajstić information content (AvgIpc) is 2.71. The van der Waals surface area contributed by atoms with E-state index in [9.17, 15) is 14.0 Å². The summed E-state index contributed by atoms with van der Waals surface area (Å²) in [4.78, 5) is 34.0. The first-order chi connectivity index (χ1) is 13.9. The van der Waals surface area contributed by atoms with Crippen molar-refractivity contribution in [1.82, 2.24) is 14.9 Å². The number of nitrogens with one attached hydrogen (secondary N) is 2. The second kappa shape index (κ2) is 7.67. The molecule has 1 aromatic heterocycles. The Hall–Kier alpha value is -3.19. The van der Waals surface area contributed by atoms with Gasteiger partial charge in [0.05, 0.1) is 17.8 Å². The van der Waals surface area contributed by atoms with E-state index in [1.54, 1.807) is 29.2 Å². The highest BCUT2D eigenvalue weighted by molar-refractivity contribution is 6.31. The lowest BCUT2D eigenvalue weighted by atomic mass is 10.1. The smallest absolute Gasteiger partial charge is 0.320 e. The Morgan fingerprint density at radius 1 is 1.24 bits per heavy atom. The minimum atomic E-state index is -0.356. The Morgan fingerprint density at radius 3 is 2.72 bits per heavy atom. The van der Waals surface area contributed by atoms with Crippen LogP contribution in [0.3, 0.4) is 0 Å². The van der Waals surface area contributed by atoms with Crippen molar-refractivity contribution in [3.63, 3.8) is 0 Å². The number of anilines is 1. The molecule has 4 rings (SSSR count). The van der Waals surface area contributed by atoms with E-state index in [4.69, 9.17) is 11.6 Å². The van der Waals surface area contributed by atoms with Gasteiger partial charge in [-0.25, -0.2) is 14.2 Å². The molecule has 0 radical (unpaired) electrons. The van der Waals surface area contributed by atoms with Crippen molar-refractivity contribution in [2.45, 2.75) is 19.9 Å². The SMILES string of the molecule is Cc1ccc(NC(=O)N2CCc3nc(-c4ccc(F)cc4)[nH]c(=O)c3C2)cc1Cl. The highest BCUT2D eigenvalue weighted by Gasteiger charge is 2.25. The predicted molar refractivity (Wildman–Crippen MR) is 110 cm³/mol. The fraction of sp³-hybridized carbons (Fsp3) is 0.190. The first-order valence-corrected chi connectivity index (χ1v) is 9.48. The third-order valence-electron chi connectivity index (χ3n) is 4.90. The Balaban J connectivity index is 1.53. The molecule has 0 saturated heterocycles. The molecule has 3 aromatic rings. The number of carbonyl (C=O) groups excluding carboxylic acids is 1. The Bertz CT molecular complexity index is 1140. The summed E-state index contributed by atoms with van der Waals surface area (Å²) in [7, 11) is 0. The number of hydrogen-bond donors (Lipinski definition) is 2. The van der Waals surface area contributed by atoms with Crippen LogP contribution in [0.5, 0.6) is 0 Å². The summed E-state index contributed by atoms with van der Waals surface area (Å²) in [5.41, 5.74) is 2.95. The molecule has 2 heterocycles. The zero-order valence-corrected chi connectivity index (χ0v) is 16.4. The molecule has 0 unspecified atom stereocenters. The number of urea groups is 1. The van der Waals surface area contributed by atoms with Crippen molar-refractivity contribution < 1.29 is 9.18 Å². The number of hydrogen-bond acceptors (Lipinski definition) is 3. The fourth-order valence-electron chi connectivity index (χ4n) is 3.22. The quantitative estimate of drug-likeness (QED) is 0.664. The van der Waals surface area contributed by atoms with Crippen LogP contribution in [-0.4, -0.2) is 27.4 Å². The number of benzene rings is 2. The summed E-state index contributed by atoms with van der Waals surface area (Å²) < 4.78 is 13.1. The second-order valence-corrected chi connectivity index (χ2v) is 7.32. The minimum Gasteiger partial charge on any atom is -0.320 e. The third-order valence-corrected chi connectivity index (χ3v) is 5.30. The van der Waals surface area contributed by atoms with Crippen molar-refractivity contribution in [2.24, 2.45) is 0 Å². The van der Waals surface area contributed by atoms with Gasteiger partial charge in [-0.3, -0.25) is 4.79 Å². The van der Waals surface area contributed by atoms with Gasteiger partial charge in [-0.1, -0.05) is 17.7 Å². The number of nitrogens with zero attached hydrogens (tertiary/aromatic N) is 2. The first kappa shape index (κ1) is 19.1. The van der Waals surface area contributed by atoms with E-state index in [-0.39, 0.29) is 24.0 Å². The molecule has 0 bridgehead atoms. The van der Waals surface area contributed by atoms with Crippen molar-refractivity contribution in [3.05, 3.63) is 80.5 Å². The molecular formula is C21H18ClFN4O2. The Labute approximate surface area is 171 Å². The summed E-state index contributed by atoms with van der Waals surface area (Å²) in [5, 5.41) is 3.38. The van der Waals surface area contributed by atoms with Gasteiger partial charge in [0.2, 0.25) is 0 Å². The van der Waals surface area contributed by atoms with E-state index in [1.807, 2.05) is 13.0 Å². The molecule has 0 aliphatic carbocycles. The lowest BCUT2D eigenvalue weighted by Gasteiger charge is -2.28. The zero-order chi connectivity index (χ0) is 20.5. The van der Waals surface area contributed by atoms with Gasteiger partial charge in [0, 0.05) is 29.2 Å². The first-order valence-electron chi connectivity index (χ1n) is 9.11. The summed E-state index contributed by atoms with van der Waals surface area (Å²) in [6.07, 6.45) is 0.454. The number of aryl methyl sites for hydroxylation is 1. The summed E-state index contributed by atoms with van der Waals surface area (Å²) in [6, 6.07) is 10.8. The summed E-state index contributed by atoms with van der Waals surface area (Å²) in [6.45, 7) is 2.47. The van der Waals surface area contributed by atoms with Gasteiger partial charge in [0.25, 0.3) is 5.56 Å². The highest BCUT2D eigenvalue weighted by Crippen LogP contribution is 2.22. The zero-order valence-electron chi connectivity index (χ0n) is 15.6. The van der Waals surface area contributed by atoms with Crippen molar-refractivity contribution in [1.29, 1.82) is 0 Å². The van der Waals surface area contributed by atoms with Crippen LogP contribution in [0, 0.1) is 12.7 Å². The number of aromatic amines is 1. The standard InChI is InChI=1S/C21H18ClFN4O2/c1-12-2-7-15(10-17(12)22)24-21(29)27-9-8-18-16(11-27)20(28)26-19(25-18)13-3-5-14(23)6-4-13/h2-7,10H,8-9,11H2,1H3,(H,24,29)(H,25,26,28). The number of fused-ring (bicyclic) bond motifs is 1. The van der Waals surface area contributed by atoms with E-state index in [0.717, 1.165) is 5.56 Å². The van der Waals surface area contributed by atoms with Crippen LogP contribution < -0.4 is 10.9 Å². The Kier molecular flexibility index (Phi) is 5.07. The van der Waals surface area contributed by atoms with Crippen molar-refractivity contribution in [2.75, 3.05) is 11.9 Å². The molecule has 2 N–H and O–H groups in total. The number of rotatable bonds is 2. The molecule has 0 spiro atoms. The molecular weight excluding hydrogens is 395 g/mol. The van der Waals surface area contributed by atoms with E-state index < -0.39 is 0 Å². The maximum atomic E-state index is 13.1. The van der Waals surface area contributed by atoms with Gasteiger partial charge >= 0.3 is 6.03 Å². The lowest BCUT2D eigenvalue weighted by Crippen LogP contribution is -2.41. The van der Waals surface area contributed by atoms with Gasteiger partial charge in [0.1, 0.15) is 11.6 Å².